The standard InChI is InChI=1S/C7H7NO2.FH/c9-7(10)8-6-4-2-1-3-5-6;/h1-5,8H,(H,9,10);1H. The average molecular weight is 157 g/mol. The third-order valence-electron chi connectivity index (χ3n) is 1.03. The van der Waals surface area contributed by atoms with Crippen molar-refractivity contribution in [2.24, 2.45) is 0 Å². The topological polar surface area (TPSA) is 49.3 Å². The summed E-state index contributed by atoms with van der Waals surface area (Å²) in [6, 6.07) is 8.74. The quantitative estimate of drug-likeness (QED) is 0.654. The lowest BCUT2D eigenvalue weighted by Gasteiger charge is -1.96. The predicted molar refractivity (Wildman–Crippen MR) is 40.6 cm³/mol. The third kappa shape index (κ3) is 3.20. The molecule has 0 saturated carbocycles. The van der Waals surface area contributed by atoms with Crippen LogP contribution in [0.3, 0.4) is 0 Å². The monoisotopic (exact) mass is 157 g/mol. The molecule has 60 valence electrons. The van der Waals surface area contributed by atoms with E-state index in [1.807, 2.05) is 6.07 Å². The first kappa shape index (κ1) is 9.42. The summed E-state index contributed by atoms with van der Waals surface area (Å²) in [6.07, 6.45) is -1.04. The first-order valence-corrected chi connectivity index (χ1v) is 2.84. The molecule has 4 heteroatoms. The Labute approximate surface area is 63.0 Å². The largest absolute Gasteiger partial charge is 0.465 e. The molecule has 0 aromatic heterocycles. The van der Waals surface area contributed by atoms with Gasteiger partial charge in [0.05, 0.1) is 0 Å². The van der Waals surface area contributed by atoms with Gasteiger partial charge in [0.25, 0.3) is 0 Å². The molecular formula is C7H8FNO2. The van der Waals surface area contributed by atoms with Crippen molar-refractivity contribution < 1.29 is 14.6 Å². The number of benzene rings is 1. The van der Waals surface area contributed by atoms with Gasteiger partial charge in [-0.25, -0.2) is 4.79 Å². The van der Waals surface area contributed by atoms with E-state index < -0.39 is 6.09 Å². The molecule has 0 fully saturated rings. The molecular weight excluding hydrogens is 149 g/mol. The zero-order valence-corrected chi connectivity index (χ0v) is 5.65. The summed E-state index contributed by atoms with van der Waals surface area (Å²) in [6.45, 7) is 0. The van der Waals surface area contributed by atoms with E-state index in [-0.39, 0.29) is 4.70 Å². The molecule has 1 aromatic rings. The molecule has 0 bridgehead atoms. The van der Waals surface area contributed by atoms with Gasteiger partial charge in [-0.05, 0) is 12.1 Å². The molecule has 0 radical (unpaired) electrons. The molecule has 0 unspecified atom stereocenters. The molecule has 1 rings (SSSR count). The van der Waals surface area contributed by atoms with Crippen LogP contribution in [0.2, 0.25) is 0 Å². The lowest BCUT2D eigenvalue weighted by Crippen LogP contribution is -2.06. The van der Waals surface area contributed by atoms with Gasteiger partial charge in [-0.1, -0.05) is 18.2 Å². The second kappa shape index (κ2) is 4.27. The summed E-state index contributed by atoms with van der Waals surface area (Å²) in [5.41, 5.74) is 0.593. The van der Waals surface area contributed by atoms with E-state index in [2.05, 4.69) is 5.32 Å². The minimum Gasteiger partial charge on any atom is -0.465 e. The lowest BCUT2D eigenvalue weighted by molar-refractivity contribution is 0.210. The van der Waals surface area contributed by atoms with Gasteiger partial charge in [-0.2, -0.15) is 0 Å². The van der Waals surface area contributed by atoms with Crippen molar-refractivity contribution in [1.29, 1.82) is 0 Å². The van der Waals surface area contributed by atoms with Gasteiger partial charge in [0.2, 0.25) is 0 Å². The van der Waals surface area contributed by atoms with Crippen molar-refractivity contribution in [2.45, 2.75) is 0 Å². The van der Waals surface area contributed by atoms with Crippen LogP contribution in [0.25, 0.3) is 0 Å². The van der Waals surface area contributed by atoms with Crippen LogP contribution in [0.4, 0.5) is 15.2 Å². The first-order valence-electron chi connectivity index (χ1n) is 2.84. The smallest absolute Gasteiger partial charge is 0.409 e. The molecule has 0 atom stereocenters. The van der Waals surface area contributed by atoms with Crippen LogP contribution in [0.15, 0.2) is 30.3 Å². The van der Waals surface area contributed by atoms with Crippen molar-refractivity contribution in [3.8, 4) is 0 Å². The van der Waals surface area contributed by atoms with Crippen molar-refractivity contribution in [1.82, 2.24) is 0 Å². The zero-order valence-electron chi connectivity index (χ0n) is 5.65. The number of halogens is 1. The van der Waals surface area contributed by atoms with Crippen LogP contribution < -0.4 is 5.32 Å². The van der Waals surface area contributed by atoms with Gasteiger partial charge in [-0.15, -0.1) is 0 Å². The van der Waals surface area contributed by atoms with Gasteiger partial charge in [0, 0.05) is 5.69 Å². The van der Waals surface area contributed by atoms with Gasteiger partial charge in [0.1, 0.15) is 0 Å². The van der Waals surface area contributed by atoms with E-state index in [1.165, 1.54) is 0 Å². The van der Waals surface area contributed by atoms with Gasteiger partial charge in [0.15, 0.2) is 0 Å². The Hall–Kier alpha value is -1.58. The maximum absolute atomic E-state index is 10.1. The highest BCUT2D eigenvalue weighted by molar-refractivity contribution is 5.82. The fourth-order valence-electron chi connectivity index (χ4n) is 0.645. The van der Waals surface area contributed by atoms with Crippen LogP contribution in [-0.4, -0.2) is 11.2 Å². The van der Waals surface area contributed by atoms with Crippen LogP contribution >= 0.6 is 0 Å². The summed E-state index contributed by atoms with van der Waals surface area (Å²) < 4.78 is 0. The Morgan fingerprint density at radius 2 is 1.82 bits per heavy atom. The SMILES string of the molecule is F.O=C(O)Nc1ccccc1. The highest BCUT2D eigenvalue weighted by atomic mass is 19.0. The Kier molecular flexibility index (Phi) is 3.66. The number of amides is 1. The number of nitrogens with one attached hydrogen (secondary N) is 1. The minimum absolute atomic E-state index is 0. The fraction of sp³-hybridized carbons (Fsp3) is 0. The molecule has 0 aliphatic rings. The molecule has 1 amide bonds. The Bertz CT molecular complexity index is 225. The molecule has 1 aromatic carbocycles. The van der Waals surface area contributed by atoms with E-state index in [1.54, 1.807) is 24.3 Å². The highest BCUT2D eigenvalue weighted by Crippen LogP contribution is 2.03. The predicted octanol–water partition coefficient (Wildman–Crippen LogP) is 1.93. The van der Waals surface area contributed by atoms with Crippen molar-refractivity contribution >= 4 is 11.8 Å². The summed E-state index contributed by atoms with van der Waals surface area (Å²) in [5, 5.41) is 10.5. The molecule has 3 nitrogen and oxygen atoms in total. The molecule has 0 spiro atoms. The summed E-state index contributed by atoms with van der Waals surface area (Å²) in [4.78, 5) is 10.1. The van der Waals surface area contributed by atoms with Gasteiger partial charge >= 0.3 is 6.09 Å². The fourth-order valence-corrected chi connectivity index (χ4v) is 0.645. The minimum atomic E-state index is -1.04. The number of carboxylic acid groups (broad SMARTS) is 1. The van der Waals surface area contributed by atoms with E-state index in [9.17, 15) is 4.79 Å². The molecule has 0 saturated heterocycles. The van der Waals surface area contributed by atoms with Gasteiger partial charge < -0.3 is 5.11 Å². The molecule has 11 heavy (non-hydrogen) atoms. The van der Waals surface area contributed by atoms with Crippen LogP contribution in [0.1, 0.15) is 0 Å². The average Bonchev–Trinajstić information content (AvgIpc) is 1.88. The Morgan fingerprint density at radius 1 is 1.27 bits per heavy atom. The molecule has 2 N–H and O–H groups in total. The molecule has 0 aliphatic carbocycles. The summed E-state index contributed by atoms with van der Waals surface area (Å²) >= 11 is 0. The highest BCUT2D eigenvalue weighted by Gasteiger charge is 1.92. The van der Waals surface area contributed by atoms with Crippen molar-refractivity contribution in [2.75, 3.05) is 5.32 Å². The number of para-hydroxylation sites is 1. The van der Waals surface area contributed by atoms with E-state index in [4.69, 9.17) is 5.11 Å². The number of anilines is 1. The second-order valence-corrected chi connectivity index (χ2v) is 1.80. The van der Waals surface area contributed by atoms with E-state index in [0.29, 0.717) is 5.69 Å². The van der Waals surface area contributed by atoms with E-state index >= 15 is 0 Å². The summed E-state index contributed by atoms with van der Waals surface area (Å²) in [7, 11) is 0. The Morgan fingerprint density at radius 3 is 2.27 bits per heavy atom. The normalized spacial score (nSPS) is 8.00. The van der Waals surface area contributed by atoms with Crippen LogP contribution in [-0.2, 0) is 0 Å². The van der Waals surface area contributed by atoms with Gasteiger partial charge in [-0.3, -0.25) is 10.0 Å². The second-order valence-electron chi connectivity index (χ2n) is 1.80. The van der Waals surface area contributed by atoms with Crippen molar-refractivity contribution in [3.05, 3.63) is 30.3 Å². The lowest BCUT2D eigenvalue weighted by atomic mass is 10.3. The zero-order chi connectivity index (χ0) is 7.40. The molecule has 0 heterocycles. The third-order valence-corrected chi connectivity index (χ3v) is 1.03. The molecule has 0 aliphatic heterocycles. The van der Waals surface area contributed by atoms with E-state index in [0.717, 1.165) is 0 Å². The number of hydrogen-bond donors (Lipinski definition) is 2. The number of hydrogen-bond acceptors (Lipinski definition) is 1. The maximum atomic E-state index is 10.1. The first-order chi connectivity index (χ1) is 4.79. The maximum Gasteiger partial charge on any atom is 0.409 e. The summed E-state index contributed by atoms with van der Waals surface area (Å²) in [5.74, 6) is 0. The number of rotatable bonds is 1. The Balaban J connectivity index is 0.000001000. The van der Waals surface area contributed by atoms with Crippen molar-refractivity contribution in [3.63, 3.8) is 0 Å². The van der Waals surface area contributed by atoms with Crippen LogP contribution in [0, 0.1) is 0 Å². The number of carbonyl (C=O) groups is 1. The van der Waals surface area contributed by atoms with Crippen LogP contribution in [0.5, 0.6) is 0 Å².